The third-order valence-electron chi connectivity index (χ3n) is 6.86. The number of anilines is 1. The number of aromatic nitrogens is 2. The molecular weight excluding hydrogens is 436 g/mol. The van der Waals surface area contributed by atoms with E-state index in [9.17, 15) is 4.79 Å². The summed E-state index contributed by atoms with van der Waals surface area (Å²) in [6.45, 7) is 2.20. The molecule has 0 aliphatic carbocycles. The molecule has 2 unspecified atom stereocenters. The minimum atomic E-state index is -0.450. The van der Waals surface area contributed by atoms with Crippen molar-refractivity contribution in [1.29, 1.82) is 0 Å². The number of nitrogens with two attached hydrogens (primary N) is 2. The van der Waals surface area contributed by atoms with E-state index in [-0.39, 0.29) is 6.04 Å². The number of hydrogen-bond acceptors (Lipinski definition) is 4. The maximum atomic E-state index is 12.8. The first-order chi connectivity index (χ1) is 17.0. The lowest BCUT2D eigenvalue weighted by Crippen LogP contribution is -2.17. The minimum Gasteiger partial charge on any atom is -0.457 e. The Balaban J connectivity index is 1.57. The maximum absolute atomic E-state index is 12.8. The molecular formula is C29H30N4O2. The number of nitrogen functional groups attached to an aromatic ring is 1. The largest absolute Gasteiger partial charge is 0.457 e. The highest BCUT2D eigenvalue weighted by Gasteiger charge is 2.31. The lowest BCUT2D eigenvalue weighted by molar-refractivity contribution is 0.0999. The van der Waals surface area contributed by atoms with Crippen LogP contribution in [0.3, 0.4) is 0 Å². The number of para-hydroxylation sites is 1. The van der Waals surface area contributed by atoms with Crippen LogP contribution in [-0.2, 0) is 6.42 Å². The summed E-state index contributed by atoms with van der Waals surface area (Å²) in [5.74, 6) is 1.49. The van der Waals surface area contributed by atoms with E-state index in [0.717, 1.165) is 53.9 Å². The molecule has 2 heterocycles. The van der Waals surface area contributed by atoms with Gasteiger partial charge in [0.15, 0.2) is 0 Å². The summed E-state index contributed by atoms with van der Waals surface area (Å²) in [4.78, 5) is 12.8. The molecule has 0 spiro atoms. The Hall–Kier alpha value is -4.06. The number of fused-ring (bicyclic) bond motifs is 1. The predicted octanol–water partition coefficient (Wildman–Crippen LogP) is 5.98. The molecule has 0 saturated heterocycles. The van der Waals surface area contributed by atoms with E-state index < -0.39 is 5.91 Å². The number of carbonyl (C=O) groups excluding carboxylic acids is 1. The molecule has 1 aliphatic heterocycles. The van der Waals surface area contributed by atoms with Crippen LogP contribution in [0.2, 0.25) is 0 Å². The first-order valence-corrected chi connectivity index (χ1v) is 12.1. The Kier molecular flexibility index (Phi) is 6.27. The summed E-state index contributed by atoms with van der Waals surface area (Å²) >= 11 is 0. The lowest BCUT2D eigenvalue weighted by atomic mass is 9.92. The molecule has 1 aliphatic rings. The first kappa shape index (κ1) is 22.7. The minimum absolute atomic E-state index is 0.00223. The molecule has 0 fully saturated rings. The molecule has 35 heavy (non-hydrogen) atoms. The van der Waals surface area contributed by atoms with Crippen molar-refractivity contribution in [3.05, 3.63) is 95.7 Å². The Bertz CT molecular complexity index is 1330. The van der Waals surface area contributed by atoms with Crippen molar-refractivity contribution < 1.29 is 9.53 Å². The fraction of sp³-hybridized carbons (Fsp3) is 0.241. The third-order valence-corrected chi connectivity index (χ3v) is 6.86. The highest BCUT2D eigenvalue weighted by atomic mass is 16.5. The molecule has 0 radical (unpaired) electrons. The second-order valence-corrected chi connectivity index (χ2v) is 9.16. The Labute approximate surface area is 205 Å². The van der Waals surface area contributed by atoms with Crippen LogP contribution in [-0.4, -0.2) is 15.7 Å². The van der Waals surface area contributed by atoms with Crippen LogP contribution >= 0.6 is 0 Å². The summed E-state index contributed by atoms with van der Waals surface area (Å²) < 4.78 is 7.95. The van der Waals surface area contributed by atoms with Crippen molar-refractivity contribution in [1.82, 2.24) is 9.78 Å². The summed E-state index contributed by atoms with van der Waals surface area (Å²) in [5.41, 5.74) is 16.8. The van der Waals surface area contributed by atoms with Gasteiger partial charge in [-0.2, -0.15) is 5.10 Å². The normalized spacial score (nSPS) is 17.4. The SMILES string of the molecule is CCC1CCC(c2cccc(N)c2)n2nc(-c3ccc(Oc4ccccc4)cc3)c(C(N)=O)c2C1. The molecule has 2 atom stereocenters. The van der Waals surface area contributed by atoms with Gasteiger partial charge in [0, 0.05) is 11.3 Å². The van der Waals surface area contributed by atoms with Crippen LogP contribution in [0.1, 0.15) is 53.8 Å². The highest BCUT2D eigenvalue weighted by Crippen LogP contribution is 2.38. The Morgan fingerprint density at radius 1 is 1.00 bits per heavy atom. The highest BCUT2D eigenvalue weighted by molar-refractivity contribution is 6.00. The van der Waals surface area contributed by atoms with E-state index in [4.69, 9.17) is 21.3 Å². The predicted molar refractivity (Wildman–Crippen MR) is 138 cm³/mol. The average Bonchev–Trinajstić information content (AvgIpc) is 3.14. The van der Waals surface area contributed by atoms with E-state index in [0.29, 0.717) is 22.9 Å². The van der Waals surface area contributed by atoms with Gasteiger partial charge in [-0.3, -0.25) is 9.48 Å². The van der Waals surface area contributed by atoms with Crippen molar-refractivity contribution in [2.45, 2.75) is 38.6 Å². The van der Waals surface area contributed by atoms with E-state index in [2.05, 4.69) is 13.0 Å². The van der Waals surface area contributed by atoms with Gasteiger partial charge in [-0.1, -0.05) is 43.7 Å². The number of amides is 1. The first-order valence-electron chi connectivity index (χ1n) is 12.1. The third kappa shape index (κ3) is 4.64. The number of nitrogens with zero attached hydrogens (tertiary/aromatic N) is 2. The summed E-state index contributed by atoms with van der Waals surface area (Å²) in [7, 11) is 0. The van der Waals surface area contributed by atoms with Crippen molar-refractivity contribution in [3.8, 4) is 22.8 Å². The van der Waals surface area contributed by atoms with E-state index in [1.165, 1.54) is 0 Å². The van der Waals surface area contributed by atoms with Gasteiger partial charge in [-0.25, -0.2) is 0 Å². The number of ether oxygens (including phenoxy) is 1. The molecule has 0 saturated carbocycles. The number of carbonyl (C=O) groups is 1. The molecule has 3 aromatic carbocycles. The van der Waals surface area contributed by atoms with Crippen LogP contribution in [0.4, 0.5) is 5.69 Å². The molecule has 4 N–H and O–H groups in total. The molecule has 6 nitrogen and oxygen atoms in total. The van der Waals surface area contributed by atoms with Gasteiger partial charge in [0.2, 0.25) is 0 Å². The Morgan fingerprint density at radius 2 is 1.74 bits per heavy atom. The molecule has 0 bridgehead atoms. The van der Waals surface area contributed by atoms with Gasteiger partial charge >= 0.3 is 0 Å². The van der Waals surface area contributed by atoms with Gasteiger partial charge in [0.05, 0.1) is 17.3 Å². The molecule has 178 valence electrons. The molecule has 1 amide bonds. The van der Waals surface area contributed by atoms with Crippen LogP contribution in [0, 0.1) is 5.92 Å². The van der Waals surface area contributed by atoms with Crippen LogP contribution in [0.5, 0.6) is 11.5 Å². The molecule has 5 rings (SSSR count). The van der Waals surface area contributed by atoms with Crippen molar-refractivity contribution in [2.75, 3.05) is 5.73 Å². The van der Waals surface area contributed by atoms with Gasteiger partial charge in [0.1, 0.15) is 17.2 Å². The number of rotatable bonds is 6. The number of primary amides is 1. The van der Waals surface area contributed by atoms with E-state index in [1.54, 1.807) is 0 Å². The van der Waals surface area contributed by atoms with Gasteiger partial charge in [0.25, 0.3) is 5.91 Å². The van der Waals surface area contributed by atoms with Gasteiger partial charge in [-0.05, 0) is 79.3 Å². The molecule has 1 aromatic heterocycles. The molecule has 4 aromatic rings. The van der Waals surface area contributed by atoms with E-state index >= 15 is 0 Å². The van der Waals surface area contributed by atoms with Crippen molar-refractivity contribution in [3.63, 3.8) is 0 Å². The monoisotopic (exact) mass is 466 g/mol. The summed E-state index contributed by atoms with van der Waals surface area (Å²) in [6.07, 6.45) is 3.79. The quantitative estimate of drug-likeness (QED) is 0.342. The van der Waals surface area contributed by atoms with Crippen molar-refractivity contribution in [2.24, 2.45) is 11.7 Å². The van der Waals surface area contributed by atoms with Crippen LogP contribution < -0.4 is 16.2 Å². The standard InChI is InChI=1S/C29H30N4O2/c1-2-19-11-16-25(21-7-6-8-22(30)18-21)33-26(17-19)27(29(31)34)28(32-33)20-12-14-24(15-13-20)35-23-9-4-3-5-10-23/h3-10,12-15,18-19,25H,2,11,16-17,30H2,1H3,(H2,31,34). The van der Waals surface area contributed by atoms with Crippen LogP contribution in [0.25, 0.3) is 11.3 Å². The summed E-state index contributed by atoms with van der Waals surface area (Å²) in [6, 6.07) is 25.2. The van der Waals surface area contributed by atoms with E-state index in [1.807, 2.05) is 77.5 Å². The second-order valence-electron chi connectivity index (χ2n) is 9.16. The topological polar surface area (TPSA) is 96.2 Å². The molecule has 6 heteroatoms. The second kappa shape index (κ2) is 9.66. The number of hydrogen-bond donors (Lipinski definition) is 2. The van der Waals surface area contributed by atoms with Gasteiger partial charge < -0.3 is 16.2 Å². The lowest BCUT2D eigenvalue weighted by Gasteiger charge is -2.18. The smallest absolute Gasteiger partial charge is 0.252 e. The fourth-order valence-electron chi connectivity index (χ4n) is 5.00. The zero-order valence-corrected chi connectivity index (χ0v) is 19.9. The zero-order valence-electron chi connectivity index (χ0n) is 19.9. The van der Waals surface area contributed by atoms with Gasteiger partial charge in [-0.15, -0.1) is 0 Å². The van der Waals surface area contributed by atoms with Crippen LogP contribution in [0.15, 0.2) is 78.9 Å². The summed E-state index contributed by atoms with van der Waals surface area (Å²) in [5, 5.41) is 5.01. The zero-order chi connectivity index (χ0) is 24.4. The van der Waals surface area contributed by atoms with Crippen molar-refractivity contribution >= 4 is 11.6 Å². The maximum Gasteiger partial charge on any atom is 0.252 e. The number of benzene rings is 3. The fourth-order valence-corrected chi connectivity index (χ4v) is 5.00. The Morgan fingerprint density at radius 3 is 2.43 bits per heavy atom. The average molecular weight is 467 g/mol.